The molecule has 0 aliphatic carbocycles. The van der Waals surface area contributed by atoms with Crippen LogP contribution >= 0.6 is 0 Å². The molecule has 3 nitrogen and oxygen atoms in total. The molecule has 0 saturated heterocycles. The molecule has 2 N–H and O–H groups in total. The van der Waals surface area contributed by atoms with E-state index in [1.54, 1.807) is 12.1 Å². The first kappa shape index (κ1) is 13.6. The molecule has 0 aliphatic heterocycles. The maximum absolute atomic E-state index is 10.9. The lowest BCUT2D eigenvalue weighted by molar-refractivity contribution is -0.255. The lowest BCUT2D eigenvalue weighted by Gasteiger charge is -2.11. The van der Waals surface area contributed by atoms with E-state index in [1.165, 1.54) is 25.3 Å². The highest BCUT2D eigenvalue weighted by Gasteiger charge is 2.04. The van der Waals surface area contributed by atoms with Gasteiger partial charge >= 0.3 is 0 Å². The predicted molar refractivity (Wildman–Crippen MR) is 67.6 cm³/mol. The second-order valence-corrected chi connectivity index (χ2v) is 4.37. The van der Waals surface area contributed by atoms with Crippen molar-refractivity contribution in [2.45, 2.75) is 45.4 Å². The Morgan fingerprint density at radius 2 is 1.94 bits per heavy atom. The summed E-state index contributed by atoms with van der Waals surface area (Å²) in [4.78, 5) is 10.9. The van der Waals surface area contributed by atoms with Crippen LogP contribution in [-0.4, -0.2) is 5.97 Å². The van der Waals surface area contributed by atoms with Crippen molar-refractivity contribution < 1.29 is 9.90 Å². The summed E-state index contributed by atoms with van der Waals surface area (Å²) in [5.74, 6) is -1.12. The number of aryl methyl sites for hydroxylation is 1. The predicted octanol–water partition coefficient (Wildman–Crippen LogP) is 2.15. The zero-order valence-electron chi connectivity index (χ0n) is 10.4. The number of benzene rings is 1. The smallest absolute Gasteiger partial charge is 0.0718 e. The second kappa shape index (κ2) is 6.94. The van der Waals surface area contributed by atoms with Gasteiger partial charge in [0.25, 0.3) is 0 Å². The second-order valence-electron chi connectivity index (χ2n) is 4.37. The Morgan fingerprint density at radius 3 is 2.59 bits per heavy atom. The molecule has 0 saturated carbocycles. The molecule has 0 fully saturated rings. The van der Waals surface area contributed by atoms with E-state index in [0.717, 1.165) is 24.8 Å². The molecule has 0 heterocycles. The minimum atomic E-state index is -1.12. The molecule has 1 aromatic carbocycles. The largest absolute Gasteiger partial charge is 0.545 e. The molecule has 0 aliphatic rings. The lowest BCUT2D eigenvalue weighted by atomic mass is 10.00. The molecule has 0 atom stereocenters. The normalized spacial score (nSPS) is 10.4. The van der Waals surface area contributed by atoms with Crippen molar-refractivity contribution in [2.24, 2.45) is 0 Å². The highest BCUT2D eigenvalue weighted by atomic mass is 16.4. The van der Waals surface area contributed by atoms with E-state index in [-0.39, 0.29) is 5.56 Å². The highest BCUT2D eigenvalue weighted by Crippen LogP contribution is 2.16. The number of anilines is 1. The van der Waals surface area contributed by atoms with Crippen LogP contribution in [0.25, 0.3) is 0 Å². The number of hydrogen-bond acceptors (Lipinski definition) is 3. The third kappa shape index (κ3) is 4.47. The zero-order valence-corrected chi connectivity index (χ0v) is 10.4. The van der Waals surface area contributed by atoms with Gasteiger partial charge in [-0.1, -0.05) is 38.7 Å². The minimum Gasteiger partial charge on any atom is -0.545 e. The van der Waals surface area contributed by atoms with Crippen LogP contribution in [-0.2, 0) is 6.42 Å². The van der Waals surface area contributed by atoms with Crippen LogP contribution in [0.3, 0.4) is 0 Å². The fraction of sp³-hybridized carbons (Fsp3) is 0.500. The Balaban J connectivity index is 2.56. The Kier molecular flexibility index (Phi) is 5.53. The maximum atomic E-state index is 10.9. The summed E-state index contributed by atoms with van der Waals surface area (Å²) in [5, 5.41) is 10.9. The van der Waals surface area contributed by atoms with Gasteiger partial charge in [-0.2, -0.15) is 0 Å². The van der Waals surface area contributed by atoms with Crippen molar-refractivity contribution in [3.63, 3.8) is 0 Å². The van der Waals surface area contributed by atoms with Crippen molar-refractivity contribution in [1.82, 2.24) is 0 Å². The standard InChI is InChI=1S/C14H21NO2/c1-2-3-4-5-6-7-11-10-12(15)8-9-13(11)14(16)17/h8-10H,2-7,15H2,1H3,(H,16,17)/p-1. The van der Waals surface area contributed by atoms with Crippen molar-refractivity contribution in [1.29, 1.82) is 0 Å². The zero-order chi connectivity index (χ0) is 12.7. The molecule has 94 valence electrons. The quantitative estimate of drug-likeness (QED) is 0.580. The van der Waals surface area contributed by atoms with Crippen LogP contribution in [0.2, 0.25) is 0 Å². The summed E-state index contributed by atoms with van der Waals surface area (Å²) in [6, 6.07) is 4.88. The number of hydrogen-bond donors (Lipinski definition) is 1. The average Bonchev–Trinajstić information content (AvgIpc) is 2.28. The van der Waals surface area contributed by atoms with Gasteiger partial charge in [0, 0.05) is 11.3 Å². The summed E-state index contributed by atoms with van der Waals surface area (Å²) in [6.07, 6.45) is 6.56. The number of rotatable bonds is 7. The molecular formula is C14H20NO2-. The number of nitrogen functional groups attached to an aromatic ring is 1. The van der Waals surface area contributed by atoms with Gasteiger partial charge in [0.2, 0.25) is 0 Å². The lowest BCUT2D eigenvalue weighted by Crippen LogP contribution is -2.23. The van der Waals surface area contributed by atoms with Crippen LogP contribution in [0.5, 0.6) is 0 Å². The summed E-state index contributed by atoms with van der Waals surface area (Å²) < 4.78 is 0. The van der Waals surface area contributed by atoms with Crippen molar-refractivity contribution >= 4 is 11.7 Å². The highest BCUT2D eigenvalue weighted by molar-refractivity contribution is 5.88. The van der Waals surface area contributed by atoms with E-state index >= 15 is 0 Å². The maximum Gasteiger partial charge on any atom is 0.0718 e. The van der Waals surface area contributed by atoms with E-state index < -0.39 is 5.97 Å². The fourth-order valence-corrected chi connectivity index (χ4v) is 1.94. The first-order chi connectivity index (χ1) is 8.15. The summed E-state index contributed by atoms with van der Waals surface area (Å²) >= 11 is 0. The molecule has 0 amide bonds. The van der Waals surface area contributed by atoms with Gasteiger partial charge in [-0.05, 0) is 30.5 Å². The van der Waals surface area contributed by atoms with Gasteiger partial charge in [-0.15, -0.1) is 0 Å². The summed E-state index contributed by atoms with van der Waals surface area (Å²) in [7, 11) is 0. The third-order valence-electron chi connectivity index (χ3n) is 2.90. The van der Waals surface area contributed by atoms with Gasteiger partial charge in [0.05, 0.1) is 5.97 Å². The van der Waals surface area contributed by atoms with Crippen molar-refractivity contribution in [2.75, 3.05) is 5.73 Å². The van der Waals surface area contributed by atoms with E-state index in [9.17, 15) is 9.90 Å². The van der Waals surface area contributed by atoms with Gasteiger partial charge in [-0.25, -0.2) is 0 Å². The number of carbonyl (C=O) groups is 1. The number of aromatic carboxylic acids is 1. The fourth-order valence-electron chi connectivity index (χ4n) is 1.94. The van der Waals surface area contributed by atoms with Crippen molar-refractivity contribution in [3.8, 4) is 0 Å². The number of carboxylic acid groups (broad SMARTS) is 1. The number of carboxylic acids is 1. The molecule has 17 heavy (non-hydrogen) atoms. The number of unbranched alkanes of at least 4 members (excludes halogenated alkanes) is 4. The first-order valence-electron chi connectivity index (χ1n) is 6.25. The monoisotopic (exact) mass is 234 g/mol. The Bertz CT molecular complexity index is 374. The topological polar surface area (TPSA) is 66.2 Å². The summed E-state index contributed by atoms with van der Waals surface area (Å²) in [6.45, 7) is 2.17. The van der Waals surface area contributed by atoms with Crippen LogP contribution < -0.4 is 10.8 Å². The van der Waals surface area contributed by atoms with Gasteiger partial charge < -0.3 is 15.6 Å². The Morgan fingerprint density at radius 1 is 1.24 bits per heavy atom. The third-order valence-corrected chi connectivity index (χ3v) is 2.90. The average molecular weight is 234 g/mol. The van der Waals surface area contributed by atoms with Crippen LogP contribution in [0, 0.1) is 0 Å². The SMILES string of the molecule is CCCCCCCc1cc(N)ccc1C(=O)[O-]. The minimum absolute atomic E-state index is 0.273. The van der Waals surface area contributed by atoms with E-state index in [2.05, 4.69) is 6.92 Å². The van der Waals surface area contributed by atoms with Crippen LogP contribution in [0.1, 0.15) is 54.9 Å². The first-order valence-corrected chi connectivity index (χ1v) is 6.25. The molecule has 1 rings (SSSR count). The molecule has 0 bridgehead atoms. The van der Waals surface area contributed by atoms with Crippen LogP contribution in [0.15, 0.2) is 18.2 Å². The molecule has 0 radical (unpaired) electrons. The number of nitrogens with two attached hydrogens (primary N) is 1. The molecule has 1 aromatic rings. The van der Waals surface area contributed by atoms with E-state index in [4.69, 9.17) is 5.73 Å². The van der Waals surface area contributed by atoms with E-state index in [1.807, 2.05) is 0 Å². The van der Waals surface area contributed by atoms with Crippen LogP contribution in [0.4, 0.5) is 5.69 Å². The van der Waals surface area contributed by atoms with Gasteiger partial charge in [0.1, 0.15) is 0 Å². The molecular weight excluding hydrogens is 214 g/mol. The van der Waals surface area contributed by atoms with Gasteiger partial charge in [-0.3, -0.25) is 0 Å². The van der Waals surface area contributed by atoms with Gasteiger partial charge in [0.15, 0.2) is 0 Å². The number of carbonyl (C=O) groups excluding carboxylic acids is 1. The Labute approximate surface area is 103 Å². The molecule has 0 aromatic heterocycles. The van der Waals surface area contributed by atoms with Crippen molar-refractivity contribution in [3.05, 3.63) is 29.3 Å². The molecule has 0 unspecified atom stereocenters. The van der Waals surface area contributed by atoms with E-state index in [0.29, 0.717) is 5.69 Å². The summed E-state index contributed by atoms with van der Waals surface area (Å²) in [5.41, 5.74) is 7.34. The molecule has 0 spiro atoms. The Hall–Kier alpha value is -1.51. The molecule has 3 heteroatoms.